The Morgan fingerprint density at radius 3 is 3.00 bits per heavy atom. The lowest BCUT2D eigenvalue weighted by Gasteiger charge is -2.25. The van der Waals surface area contributed by atoms with Crippen molar-refractivity contribution < 1.29 is 9.84 Å². The summed E-state index contributed by atoms with van der Waals surface area (Å²) in [5, 5.41) is 13.4. The van der Waals surface area contributed by atoms with Gasteiger partial charge in [0.05, 0.1) is 11.6 Å². The number of phenols is 1. The highest BCUT2D eigenvalue weighted by molar-refractivity contribution is 6.32. The standard InChI is InChI=1S/C15H23ClN2O2/c1-20-8-7-18(11-13-3-2-6-17-13)10-12-4-5-15(19)14(16)9-12/h4-5,9,13,17,19H,2-3,6-8,10-11H2,1H3. The number of benzene rings is 1. The van der Waals surface area contributed by atoms with Gasteiger partial charge in [-0.3, -0.25) is 4.90 Å². The summed E-state index contributed by atoms with van der Waals surface area (Å²) in [6.45, 7) is 4.57. The summed E-state index contributed by atoms with van der Waals surface area (Å²) in [6.07, 6.45) is 2.49. The van der Waals surface area contributed by atoms with E-state index in [2.05, 4.69) is 10.2 Å². The molecule has 1 aromatic carbocycles. The van der Waals surface area contributed by atoms with Gasteiger partial charge in [0.1, 0.15) is 5.75 Å². The molecular formula is C15H23ClN2O2. The number of nitrogens with zero attached hydrogens (tertiary/aromatic N) is 1. The van der Waals surface area contributed by atoms with Crippen LogP contribution in [0.3, 0.4) is 0 Å². The molecule has 0 aromatic heterocycles. The molecule has 0 aliphatic carbocycles. The van der Waals surface area contributed by atoms with Gasteiger partial charge < -0.3 is 15.2 Å². The van der Waals surface area contributed by atoms with Crippen molar-refractivity contribution in [3.8, 4) is 5.75 Å². The lowest BCUT2D eigenvalue weighted by molar-refractivity contribution is 0.138. The fourth-order valence-corrected chi connectivity index (χ4v) is 2.79. The third-order valence-corrected chi connectivity index (χ3v) is 3.97. The fourth-order valence-electron chi connectivity index (χ4n) is 2.59. The molecule has 1 heterocycles. The molecule has 4 nitrogen and oxygen atoms in total. The van der Waals surface area contributed by atoms with Crippen molar-refractivity contribution in [1.82, 2.24) is 10.2 Å². The van der Waals surface area contributed by atoms with Gasteiger partial charge in [-0.25, -0.2) is 0 Å². The molecule has 1 aromatic rings. The van der Waals surface area contributed by atoms with E-state index in [0.717, 1.165) is 38.3 Å². The van der Waals surface area contributed by atoms with Crippen molar-refractivity contribution >= 4 is 11.6 Å². The van der Waals surface area contributed by atoms with Gasteiger partial charge >= 0.3 is 0 Å². The molecule has 112 valence electrons. The monoisotopic (exact) mass is 298 g/mol. The van der Waals surface area contributed by atoms with E-state index in [0.29, 0.717) is 11.1 Å². The van der Waals surface area contributed by atoms with E-state index in [4.69, 9.17) is 16.3 Å². The third-order valence-electron chi connectivity index (χ3n) is 3.67. The predicted molar refractivity (Wildman–Crippen MR) is 81.3 cm³/mol. The lowest BCUT2D eigenvalue weighted by atomic mass is 10.1. The quantitative estimate of drug-likeness (QED) is 0.810. The first-order valence-electron chi connectivity index (χ1n) is 7.11. The van der Waals surface area contributed by atoms with Crippen LogP contribution in [0.5, 0.6) is 5.75 Å². The number of methoxy groups -OCH3 is 1. The van der Waals surface area contributed by atoms with Crippen molar-refractivity contribution in [2.24, 2.45) is 0 Å². The maximum Gasteiger partial charge on any atom is 0.134 e. The normalized spacial score (nSPS) is 18.9. The van der Waals surface area contributed by atoms with E-state index < -0.39 is 0 Å². The molecule has 2 N–H and O–H groups in total. The molecule has 0 saturated carbocycles. The van der Waals surface area contributed by atoms with E-state index in [1.54, 1.807) is 13.2 Å². The summed E-state index contributed by atoms with van der Waals surface area (Å²) in [7, 11) is 1.73. The molecule has 1 atom stereocenters. The number of phenolic OH excluding ortho intramolecular Hbond substituents is 1. The summed E-state index contributed by atoms with van der Waals surface area (Å²) in [6, 6.07) is 5.97. The van der Waals surface area contributed by atoms with Crippen molar-refractivity contribution in [3.63, 3.8) is 0 Å². The molecule has 0 radical (unpaired) electrons. The lowest BCUT2D eigenvalue weighted by Crippen LogP contribution is -2.38. The van der Waals surface area contributed by atoms with Crippen LogP contribution in [0.1, 0.15) is 18.4 Å². The Morgan fingerprint density at radius 1 is 1.50 bits per heavy atom. The molecule has 1 fully saturated rings. The van der Waals surface area contributed by atoms with Crippen LogP contribution < -0.4 is 5.32 Å². The fraction of sp³-hybridized carbons (Fsp3) is 0.600. The van der Waals surface area contributed by atoms with Crippen LogP contribution in [0.2, 0.25) is 5.02 Å². The zero-order valence-corrected chi connectivity index (χ0v) is 12.7. The second-order valence-electron chi connectivity index (χ2n) is 5.31. The van der Waals surface area contributed by atoms with Gasteiger partial charge in [-0.05, 0) is 37.1 Å². The number of nitrogens with one attached hydrogen (secondary N) is 1. The van der Waals surface area contributed by atoms with Crippen molar-refractivity contribution in [2.75, 3.05) is 33.4 Å². The molecule has 2 rings (SSSR count). The largest absolute Gasteiger partial charge is 0.506 e. The van der Waals surface area contributed by atoms with E-state index in [1.807, 2.05) is 12.1 Å². The molecular weight excluding hydrogens is 276 g/mol. The minimum atomic E-state index is 0.135. The Hall–Kier alpha value is -0.810. The van der Waals surface area contributed by atoms with Gasteiger partial charge in [0, 0.05) is 32.8 Å². The molecule has 0 spiro atoms. The number of ether oxygens (including phenoxy) is 1. The Balaban J connectivity index is 1.95. The first-order chi connectivity index (χ1) is 9.69. The number of halogens is 1. The third kappa shape index (κ3) is 4.63. The molecule has 1 aliphatic rings. The first-order valence-corrected chi connectivity index (χ1v) is 7.49. The summed E-state index contributed by atoms with van der Waals surface area (Å²) < 4.78 is 5.19. The highest BCUT2D eigenvalue weighted by Crippen LogP contribution is 2.24. The zero-order valence-electron chi connectivity index (χ0n) is 11.9. The van der Waals surface area contributed by atoms with E-state index >= 15 is 0 Å². The van der Waals surface area contributed by atoms with Crippen LogP contribution in [0, 0.1) is 0 Å². The molecule has 1 saturated heterocycles. The van der Waals surface area contributed by atoms with Crippen molar-refractivity contribution in [3.05, 3.63) is 28.8 Å². The Bertz CT molecular complexity index is 422. The number of hydrogen-bond donors (Lipinski definition) is 2. The van der Waals surface area contributed by atoms with Gasteiger partial charge in [0.25, 0.3) is 0 Å². The van der Waals surface area contributed by atoms with Crippen LogP contribution in [0.15, 0.2) is 18.2 Å². The van der Waals surface area contributed by atoms with E-state index in [-0.39, 0.29) is 5.75 Å². The number of rotatable bonds is 7. The minimum absolute atomic E-state index is 0.135. The molecule has 20 heavy (non-hydrogen) atoms. The Kier molecular flexibility index (Phi) is 6.10. The number of hydrogen-bond acceptors (Lipinski definition) is 4. The summed E-state index contributed by atoms with van der Waals surface area (Å²) in [5.41, 5.74) is 1.11. The van der Waals surface area contributed by atoms with Crippen LogP contribution in [0.25, 0.3) is 0 Å². The van der Waals surface area contributed by atoms with Gasteiger partial charge in [-0.15, -0.1) is 0 Å². The van der Waals surface area contributed by atoms with E-state index in [9.17, 15) is 5.11 Å². The molecule has 1 unspecified atom stereocenters. The maximum atomic E-state index is 9.47. The molecule has 0 bridgehead atoms. The molecule has 1 aliphatic heterocycles. The van der Waals surface area contributed by atoms with Crippen molar-refractivity contribution in [2.45, 2.75) is 25.4 Å². The average molecular weight is 299 g/mol. The Morgan fingerprint density at radius 2 is 2.35 bits per heavy atom. The first kappa shape index (κ1) is 15.6. The maximum absolute atomic E-state index is 9.47. The second kappa shape index (κ2) is 7.84. The molecule has 0 amide bonds. The topological polar surface area (TPSA) is 44.7 Å². The SMILES string of the molecule is COCCN(Cc1ccc(O)c(Cl)c1)CC1CCCN1. The van der Waals surface area contributed by atoms with Crippen LogP contribution in [0.4, 0.5) is 0 Å². The highest BCUT2D eigenvalue weighted by atomic mass is 35.5. The van der Waals surface area contributed by atoms with Gasteiger partial charge in [0.15, 0.2) is 0 Å². The predicted octanol–water partition coefficient (Wildman–Crippen LogP) is 2.25. The van der Waals surface area contributed by atoms with Crippen molar-refractivity contribution in [1.29, 1.82) is 0 Å². The average Bonchev–Trinajstić information content (AvgIpc) is 2.93. The van der Waals surface area contributed by atoms with E-state index in [1.165, 1.54) is 12.8 Å². The van der Waals surface area contributed by atoms with Crippen LogP contribution >= 0.6 is 11.6 Å². The highest BCUT2D eigenvalue weighted by Gasteiger charge is 2.18. The zero-order chi connectivity index (χ0) is 14.4. The van der Waals surface area contributed by atoms with Gasteiger partial charge in [-0.1, -0.05) is 17.7 Å². The molecule has 5 heteroatoms. The summed E-state index contributed by atoms with van der Waals surface area (Å²) in [5.74, 6) is 0.135. The van der Waals surface area contributed by atoms with Gasteiger partial charge in [-0.2, -0.15) is 0 Å². The Labute approximate surface area is 125 Å². The number of aromatic hydroxyl groups is 1. The van der Waals surface area contributed by atoms with Gasteiger partial charge in [0.2, 0.25) is 0 Å². The van der Waals surface area contributed by atoms with Crippen LogP contribution in [-0.2, 0) is 11.3 Å². The second-order valence-corrected chi connectivity index (χ2v) is 5.71. The summed E-state index contributed by atoms with van der Waals surface area (Å²) >= 11 is 5.97. The van der Waals surface area contributed by atoms with Crippen LogP contribution in [-0.4, -0.2) is 49.4 Å². The smallest absolute Gasteiger partial charge is 0.134 e. The minimum Gasteiger partial charge on any atom is -0.506 e. The summed E-state index contributed by atoms with van der Waals surface area (Å²) in [4.78, 5) is 2.37.